The molecule has 0 unspecified atom stereocenters. The summed E-state index contributed by atoms with van der Waals surface area (Å²) in [4.78, 5) is 28.5. The van der Waals surface area contributed by atoms with Crippen LogP contribution in [-0.4, -0.2) is 66.3 Å². The number of rotatable bonds is 6. The largest absolute Gasteiger partial charge is 0.379 e. The molecule has 29 heavy (non-hydrogen) atoms. The van der Waals surface area contributed by atoms with E-state index in [2.05, 4.69) is 25.7 Å². The second kappa shape index (κ2) is 8.73. The highest BCUT2D eigenvalue weighted by Gasteiger charge is 2.17. The summed E-state index contributed by atoms with van der Waals surface area (Å²) in [6.45, 7) is 6.64. The molecule has 9 heteroatoms. The molecule has 3 N–H and O–H groups in total. The van der Waals surface area contributed by atoms with Crippen molar-refractivity contribution >= 4 is 39.2 Å². The van der Waals surface area contributed by atoms with Gasteiger partial charge in [-0.25, -0.2) is 0 Å². The second-order valence-electron chi connectivity index (χ2n) is 6.96. The summed E-state index contributed by atoms with van der Waals surface area (Å²) in [6, 6.07) is 9.08. The fourth-order valence-electron chi connectivity index (χ4n) is 3.15. The van der Waals surface area contributed by atoms with E-state index in [4.69, 9.17) is 4.74 Å². The lowest BCUT2D eigenvalue weighted by Gasteiger charge is -2.26. The van der Waals surface area contributed by atoms with Gasteiger partial charge in [0.05, 0.1) is 23.5 Å². The van der Waals surface area contributed by atoms with Crippen LogP contribution in [0, 0.1) is 6.92 Å². The molecule has 1 saturated heterocycles. The predicted octanol–water partition coefficient (Wildman–Crippen LogP) is 2.25. The smallest absolute Gasteiger partial charge is 0.261 e. The zero-order valence-electron chi connectivity index (χ0n) is 16.2. The first-order valence-corrected chi connectivity index (χ1v) is 10.4. The predicted molar refractivity (Wildman–Crippen MR) is 113 cm³/mol. The highest BCUT2D eigenvalue weighted by Crippen LogP contribution is 2.29. The minimum Gasteiger partial charge on any atom is -0.379 e. The second-order valence-corrected chi connectivity index (χ2v) is 8.01. The number of H-pyrrole nitrogens is 1. The third kappa shape index (κ3) is 4.64. The number of anilines is 1. The monoisotopic (exact) mass is 413 g/mol. The Morgan fingerprint density at radius 3 is 2.72 bits per heavy atom. The Morgan fingerprint density at radius 1 is 1.21 bits per heavy atom. The van der Waals surface area contributed by atoms with Crippen molar-refractivity contribution in [3.63, 3.8) is 0 Å². The van der Waals surface area contributed by atoms with Crippen molar-refractivity contribution in [2.75, 3.05) is 44.7 Å². The van der Waals surface area contributed by atoms with Crippen LogP contribution in [0.4, 0.5) is 5.82 Å². The number of carbonyl (C=O) groups is 2. The van der Waals surface area contributed by atoms with Crippen molar-refractivity contribution in [2.24, 2.45) is 0 Å². The summed E-state index contributed by atoms with van der Waals surface area (Å²) in [5.41, 5.74) is 1.65. The molecule has 1 aliphatic rings. The van der Waals surface area contributed by atoms with Crippen molar-refractivity contribution < 1.29 is 14.3 Å². The molecule has 0 spiro atoms. The number of benzene rings is 1. The van der Waals surface area contributed by atoms with Crippen LogP contribution >= 0.6 is 11.3 Å². The molecule has 4 rings (SSSR count). The number of carbonyl (C=O) groups excluding carboxylic acids is 2. The first-order chi connectivity index (χ1) is 14.1. The van der Waals surface area contributed by atoms with Gasteiger partial charge in [0.1, 0.15) is 4.83 Å². The fourth-order valence-corrected chi connectivity index (χ4v) is 4.07. The minimum absolute atomic E-state index is 0.122. The minimum atomic E-state index is -0.235. The molecule has 1 fully saturated rings. The van der Waals surface area contributed by atoms with Crippen LogP contribution in [0.2, 0.25) is 0 Å². The molecule has 2 aromatic heterocycles. The van der Waals surface area contributed by atoms with E-state index in [1.807, 2.05) is 19.1 Å². The van der Waals surface area contributed by atoms with Gasteiger partial charge < -0.3 is 15.4 Å². The average molecular weight is 414 g/mol. The topological polar surface area (TPSA) is 99.3 Å². The molecule has 1 aromatic carbocycles. The quantitative estimate of drug-likeness (QED) is 0.576. The third-order valence-corrected chi connectivity index (χ3v) is 5.88. The Labute approximate surface area is 172 Å². The summed E-state index contributed by atoms with van der Waals surface area (Å²) in [5, 5.41) is 13.6. The standard InChI is InChI=1S/C20H23N5O3S/c1-13-2-4-14(5-3-13)18(26)22-17-15-12-16(29-20(15)24-23-17)19(27)21-6-7-25-8-10-28-11-9-25/h2-5,12H,6-11H2,1H3,(H,21,27)(H2,22,23,24,26). The van der Waals surface area contributed by atoms with Gasteiger partial charge in [-0.05, 0) is 25.1 Å². The molecule has 1 aliphatic heterocycles. The number of thiophene rings is 1. The number of nitrogens with zero attached hydrogens (tertiary/aromatic N) is 2. The van der Waals surface area contributed by atoms with E-state index < -0.39 is 0 Å². The van der Waals surface area contributed by atoms with Gasteiger partial charge in [0, 0.05) is 31.7 Å². The molecule has 0 atom stereocenters. The van der Waals surface area contributed by atoms with Crippen LogP contribution in [0.15, 0.2) is 30.3 Å². The van der Waals surface area contributed by atoms with Crippen molar-refractivity contribution in [3.8, 4) is 0 Å². The van der Waals surface area contributed by atoms with Gasteiger partial charge >= 0.3 is 0 Å². The molecule has 3 heterocycles. The van der Waals surface area contributed by atoms with Gasteiger partial charge in [0.25, 0.3) is 11.8 Å². The molecule has 0 saturated carbocycles. The number of morpholine rings is 1. The lowest BCUT2D eigenvalue weighted by molar-refractivity contribution is 0.0383. The number of hydrogen-bond donors (Lipinski definition) is 3. The van der Waals surface area contributed by atoms with Crippen LogP contribution in [0.1, 0.15) is 25.6 Å². The number of aromatic amines is 1. The van der Waals surface area contributed by atoms with Crippen molar-refractivity contribution in [1.82, 2.24) is 20.4 Å². The summed E-state index contributed by atoms with van der Waals surface area (Å²) >= 11 is 1.32. The number of amides is 2. The van der Waals surface area contributed by atoms with Gasteiger partial charge in [0.2, 0.25) is 0 Å². The van der Waals surface area contributed by atoms with Gasteiger partial charge in [-0.1, -0.05) is 17.7 Å². The van der Waals surface area contributed by atoms with Crippen LogP contribution in [0.5, 0.6) is 0 Å². The van der Waals surface area contributed by atoms with E-state index in [9.17, 15) is 9.59 Å². The Bertz CT molecular complexity index is 1000. The summed E-state index contributed by atoms with van der Waals surface area (Å²) in [6.07, 6.45) is 0. The van der Waals surface area contributed by atoms with Gasteiger partial charge in [-0.3, -0.25) is 19.6 Å². The molecule has 0 radical (unpaired) electrons. The number of hydrogen-bond acceptors (Lipinski definition) is 6. The lowest BCUT2D eigenvalue weighted by atomic mass is 10.1. The van der Waals surface area contributed by atoms with Gasteiger partial charge in [-0.2, -0.15) is 5.10 Å². The Balaban J connectivity index is 1.38. The van der Waals surface area contributed by atoms with Crippen LogP contribution in [0.25, 0.3) is 10.2 Å². The van der Waals surface area contributed by atoms with Gasteiger partial charge in [-0.15, -0.1) is 11.3 Å². The lowest BCUT2D eigenvalue weighted by Crippen LogP contribution is -2.41. The first-order valence-electron chi connectivity index (χ1n) is 9.54. The van der Waals surface area contributed by atoms with E-state index in [-0.39, 0.29) is 11.8 Å². The third-order valence-electron chi connectivity index (χ3n) is 4.84. The number of aromatic nitrogens is 2. The summed E-state index contributed by atoms with van der Waals surface area (Å²) in [7, 11) is 0. The Kier molecular flexibility index (Phi) is 5.89. The van der Waals surface area contributed by atoms with Crippen LogP contribution < -0.4 is 10.6 Å². The normalized spacial score (nSPS) is 14.8. The Hall–Kier alpha value is -2.75. The number of ether oxygens (including phenoxy) is 1. The maximum atomic E-state index is 12.5. The first kappa shape index (κ1) is 19.6. The number of aryl methyl sites for hydroxylation is 1. The van der Waals surface area contributed by atoms with E-state index in [1.165, 1.54) is 11.3 Å². The molecule has 0 aliphatic carbocycles. The fraction of sp³-hybridized carbons (Fsp3) is 0.350. The SMILES string of the molecule is Cc1ccc(C(=O)Nc2n[nH]c3sc(C(=O)NCCN4CCOCC4)cc23)cc1. The highest BCUT2D eigenvalue weighted by molar-refractivity contribution is 7.20. The molecule has 3 aromatic rings. The molecule has 152 valence electrons. The van der Waals surface area contributed by atoms with E-state index in [0.29, 0.717) is 22.8 Å². The van der Waals surface area contributed by atoms with Crippen LogP contribution in [-0.2, 0) is 4.74 Å². The van der Waals surface area contributed by atoms with E-state index in [1.54, 1.807) is 18.2 Å². The molecule has 8 nitrogen and oxygen atoms in total. The zero-order valence-corrected chi connectivity index (χ0v) is 17.0. The molecule has 0 bridgehead atoms. The van der Waals surface area contributed by atoms with Crippen molar-refractivity contribution in [1.29, 1.82) is 0 Å². The maximum absolute atomic E-state index is 12.5. The highest BCUT2D eigenvalue weighted by atomic mass is 32.1. The zero-order chi connectivity index (χ0) is 20.2. The van der Waals surface area contributed by atoms with Crippen LogP contribution in [0.3, 0.4) is 0 Å². The Morgan fingerprint density at radius 2 is 1.97 bits per heavy atom. The molecular formula is C20H23N5O3S. The van der Waals surface area contributed by atoms with Gasteiger partial charge in [0.15, 0.2) is 5.82 Å². The molecular weight excluding hydrogens is 390 g/mol. The average Bonchev–Trinajstić information content (AvgIpc) is 3.31. The van der Waals surface area contributed by atoms with Crippen molar-refractivity contribution in [2.45, 2.75) is 6.92 Å². The number of fused-ring (bicyclic) bond motifs is 1. The summed E-state index contributed by atoms with van der Waals surface area (Å²) < 4.78 is 5.33. The van der Waals surface area contributed by atoms with E-state index in [0.717, 1.165) is 48.6 Å². The maximum Gasteiger partial charge on any atom is 0.261 e. The molecule has 2 amide bonds. The van der Waals surface area contributed by atoms with E-state index >= 15 is 0 Å². The van der Waals surface area contributed by atoms with Crippen molar-refractivity contribution in [3.05, 3.63) is 46.3 Å². The number of nitrogens with one attached hydrogen (secondary N) is 3. The summed E-state index contributed by atoms with van der Waals surface area (Å²) in [5.74, 6) is 0.0685.